The number of nitrogens with zero attached hydrogens (tertiary/aromatic N) is 1. The number of ether oxygens (including phenoxy) is 1. The molecular weight excluding hydrogens is 280 g/mol. The van der Waals surface area contributed by atoms with E-state index in [1.165, 1.54) is 11.5 Å². The van der Waals surface area contributed by atoms with Gasteiger partial charge in [-0.1, -0.05) is 26.0 Å². The third-order valence-electron chi connectivity index (χ3n) is 3.57. The van der Waals surface area contributed by atoms with Crippen LogP contribution >= 0.6 is 11.5 Å². The summed E-state index contributed by atoms with van der Waals surface area (Å²) in [6.07, 6.45) is 0. The third-order valence-corrected chi connectivity index (χ3v) is 4.33. The standard InChI is InChI=1S/C17H18N2OS/c1-10(2)13-9-14(18)11(3)8-16(13)20-17-12-6-4-5-7-15(12)19-21-17/h4-10H,18H2,1-3H3. The Kier molecular flexibility index (Phi) is 3.55. The van der Waals surface area contributed by atoms with Crippen LogP contribution in [0.5, 0.6) is 10.8 Å². The normalized spacial score (nSPS) is 11.2. The zero-order chi connectivity index (χ0) is 15.0. The van der Waals surface area contributed by atoms with Crippen molar-refractivity contribution in [1.29, 1.82) is 0 Å². The maximum absolute atomic E-state index is 6.16. The summed E-state index contributed by atoms with van der Waals surface area (Å²) in [5.41, 5.74) is 9.95. The predicted octanol–water partition coefficient (Wildman–Crippen LogP) is 5.10. The van der Waals surface area contributed by atoms with Crippen molar-refractivity contribution in [2.24, 2.45) is 0 Å². The van der Waals surface area contributed by atoms with Crippen molar-refractivity contribution in [2.45, 2.75) is 26.7 Å². The van der Waals surface area contributed by atoms with Gasteiger partial charge in [0, 0.05) is 17.2 Å². The van der Waals surface area contributed by atoms with E-state index in [4.69, 9.17) is 10.5 Å². The molecule has 0 aliphatic carbocycles. The van der Waals surface area contributed by atoms with E-state index < -0.39 is 0 Å². The van der Waals surface area contributed by atoms with Gasteiger partial charge in [0.15, 0.2) is 0 Å². The minimum absolute atomic E-state index is 0.349. The maximum Gasteiger partial charge on any atom is 0.207 e. The highest BCUT2D eigenvalue weighted by Crippen LogP contribution is 2.38. The van der Waals surface area contributed by atoms with Crippen LogP contribution in [-0.4, -0.2) is 4.37 Å². The van der Waals surface area contributed by atoms with Crippen molar-refractivity contribution in [2.75, 3.05) is 5.73 Å². The number of nitrogen functional groups attached to an aromatic ring is 1. The lowest BCUT2D eigenvalue weighted by Gasteiger charge is -2.15. The second kappa shape index (κ2) is 5.37. The van der Waals surface area contributed by atoms with Gasteiger partial charge in [-0.3, -0.25) is 0 Å². The van der Waals surface area contributed by atoms with Crippen LogP contribution in [0.25, 0.3) is 10.9 Å². The molecule has 0 atom stereocenters. The van der Waals surface area contributed by atoms with E-state index in [1.54, 1.807) is 0 Å². The molecular formula is C17H18N2OS. The largest absolute Gasteiger partial charge is 0.444 e. The van der Waals surface area contributed by atoms with Gasteiger partial charge in [0.1, 0.15) is 5.75 Å². The van der Waals surface area contributed by atoms with Gasteiger partial charge in [-0.25, -0.2) is 0 Å². The molecule has 21 heavy (non-hydrogen) atoms. The van der Waals surface area contributed by atoms with Crippen molar-refractivity contribution < 1.29 is 4.74 Å². The molecule has 0 unspecified atom stereocenters. The van der Waals surface area contributed by atoms with Crippen LogP contribution in [0.2, 0.25) is 0 Å². The van der Waals surface area contributed by atoms with Crippen LogP contribution < -0.4 is 10.5 Å². The quantitative estimate of drug-likeness (QED) is 0.684. The monoisotopic (exact) mass is 298 g/mol. The molecule has 2 N–H and O–H groups in total. The van der Waals surface area contributed by atoms with Gasteiger partial charge >= 0.3 is 0 Å². The number of aromatic nitrogens is 1. The Morgan fingerprint density at radius 1 is 1.19 bits per heavy atom. The van der Waals surface area contributed by atoms with Crippen LogP contribution in [-0.2, 0) is 0 Å². The van der Waals surface area contributed by atoms with Crippen LogP contribution in [0.3, 0.4) is 0 Å². The van der Waals surface area contributed by atoms with Gasteiger partial charge < -0.3 is 10.5 Å². The van der Waals surface area contributed by atoms with E-state index in [0.29, 0.717) is 5.92 Å². The number of benzene rings is 2. The molecule has 3 rings (SSSR count). The molecule has 0 saturated heterocycles. The smallest absolute Gasteiger partial charge is 0.207 e. The fourth-order valence-electron chi connectivity index (χ4n) is 2.29. The van der Waals surface area contributed by atoms with Crippen molar-refractivity contribution in [3.05, 3.63) is 47.5 Å². The second-order valence-electron chi connectivity index (χ2n) is 5.49. The molecule has 0 radical (unpaired) electrons. The molecule has 108 valence electrons. The minimum Gasteiger partial charge on any atom is -0.444 e. The molecule has 4 heteroatoms. The number of hydrogen-bond acceptors (Lipinski definition) is 4. The third kappa shape index (κ3) is 2.59. The van der Waals surface area contributed by atoms with Gasteiger partial charge in [-0.15, -0.1) is 0 Å². The summed E-state index contributed by atoms with van der Waals surface area (Å²) in [4.78, 5) is 0. The van der Waals surface area contributed by atoms with Crippen molar-refractivity contribution in [1.82, 2.24) is 4.37 Å². The highest BCUT2D eigenvalue weighted by Gasteiger charge is 2.14. The molecule has 0 bridgehead atoms. The van der Waals surface area contributed by atoms with Crippen LogP contribution in [0.4, 0.5) is 5.69 Å². The minimum atomic E-state index is 0.349. The lowest BCUT2D eigenvalue weighted by atomic mass is 9.99. The highest BCUT2D eigenvalue weighted by molar-refractivity contribution is 7.09. The molecule has 0 spiro atoms. The number of aryl methyl sites for hydroxylation is 1. The van der Waals surface area contributed by atoms with Crippen molar-refractivity contribution in [3.8, 4) is 10.8 Å². The first-order valence-corrected chi connectivity index (χ1v) is 7.76. The number of hydrogen-bond donors (Lipinski definition) is 1. The first kappa shape index (κ1) is 13.9. The fourth-order valence-corrected chi connectivity index (χ4v) is 3.03. The average molecular weight is 298 g/mol. The molecule has 0 fully saturated rings. The molecule has 1 heterocycles. The summed E-state index contributed by atoms with van der Waals surface area (Å²) in [6, 6.07) is 12.0. The second-order valence-corrected chi connectivity index (χ2v) is 6.23. The first-order valence-electron chi connectivity index (χ1n) is 6.98. The molecule has 0 amide bonds. The Hall–Kier alpha value is -2.07. The van der Waals surface area contributed by atoms with E-state index in [1.807, 2.05) is 43.3 Å². The lowest BCUT2D eigenvalue weighted by Crippen LogP contribution is -1.98. The Morgan fingerprint density at radius 2 is 1.95 bits per heavy atom. The van der Waals surface area contributed by atoms with E-state index in [-0.39, 0.29) is 0 Å². The van der Waals surface area contributed by atoms with Crippen molar-refractivity contribution in [3.63, 3.8) is 0 Å². The van der Waals surface area contributed by atoms with Crippen LogP contribution in [0, 0.1) is 6.92 Å². The molecule has 3 nitrogen and oxygen atoms in total. The van der Waals surface area contributed by atoms with Gasteiger partial charge in [0.25, 0.3) is 0 Å². The average Bonchev–Trinajstić information content (AvgIpc) is 2.86. The molecule has 0 aliphatic rings. The van der Waals surface area contributed by atoms with Gasteiger partial charge in [0.2, 0.25) is 5.06 Å². The first-order chi connectivity index (χ1) is 10.1. The zero-order valence-electron chi connectivity index (χ0n) is 12.4. The summed E-state index contributed by atoms with van der Waals surface area (Å²) in [6.45, 7) is 6.28. The summed E-state index contributed by atoms with van der Waals surface area (Å²) in [7, 11) is 0. The lowest BCUT2D eigenvalue weighted by molar-refractivity contribution is 0.490. The Bertz CT molecular complexity index is 793. The zero-order valence-corrected chi connectivity index (χ0v) is 13.2. The van der Waals surface area contributed by atoms with Crippen molar-refractivity contribution >= 4 is 28.1 Å². The number of nitrogens with two attached hydrogens (primary N) is 1. The Balaban J connectivity index is 2.07. The Labute approximate surface area is 128 Å². The van der Waals surface area contributed by atoms with Crippen LogP contribution in [0.15, 0.2) is 36.4 Å². The number of fused-ring (bicyclic) bond motifs is 1. The molecule has 0 aliphatic heterocycles. The highest BCUT2D eigenvalue weighted by atomic mass is 32.1. The number of rotatable bonds is 3. The summed E-state index contributed by atoms with van der Waals surface area (Å²) >= 11 is 1.38. The fraction of sp³-hybridized carbons (Fsp3) is 0.235. The van der Waals surface area contributed by atoms with E-state index in [0.717, 1.165) is 38.5 Å². The summed E-state index contributed by atoms with van der Waals surface area (Å²) < 4.78 is 10.6. The summed E-state index contributed by atoms with van der Waals surface area (Å²) in [5, 5.41) is 1.88. The molecule has 1 aromatic heterocycles. The van der Waals surface area contributed by atoms with Crippen LogP contribution in [0.1, 0.15) is 30.9 Å². The predicted molar refractivity (Wildman–Crippen MR) is 89.4 cm³/mol. The number of anilines is 1. The molecule has 3 aromatic rings. The Morgan fingerprint density at radius 3 is 2.71 bits per heavy atom. The molecule has 0 saturated carbocycles. The van der Waals surface area contributed by atoms with E-state index >= 15 is 0 Å². The van der Waals surface area contributed by atoms with Gasteiger partial charge in [0.05, 0.1) is 10.9 Å². The van der Waals surface area contributed by atoms with Gasteiger partial charge in [-0.05, 0) is 48.2 Å². The van der Waals surface area contributed by atoms with Gasteiger partial charge in [-0.2, -0.15) is 4.37 Å². The topological polar surface area (TPSA) is 48.1 Å². The van der Waals surface area contributed by atoms with E-state index in [9.17, 15) is 0 Å². The maximum atomic E-state index is 6.16. The summed E-state index contributed by atoms with van der Waals surface area (Å²) in [5.74, 6) is 1.22. The molecule has 2 aromatic carbocycles. The SMILES string of the molecule is Cc1cc(Oc2snc3ccccc23)c(C(C)C)cc1N. The van der Waals surface area contributed by atoms with E-state index in [2.05, 4.69) is 18.2 Å².